The Labute approximate surface area is 186 Å². The van der Waals surface area contributed by atoms with E-state index in [9.17, 15) is 5.11 Å². The quantitative estimate of drug-likeness (QED) is 0.462. The first-order valence-electron chi connectivity index (χ1n) is 13.1. The Morgan fingerprint density at radius 3 is 2.30 bits per heavy atom. The highest BCUT2D eigenvalue weighted by Crippen LogP contribution is 2.68. The van der Waals surface area contributed by atoms with Gasteiger partial charge in [0.1, 0.15) is 0 Å². The standard InChI is InChI=1S/C29H48O/c1-19(2)9-8-10-20(3)21-15-17-28(6)22(21)11-12-24-23(28)13-14-25-27(4,5)26(30)16-18-29(24,25)7/h9,20-22,25-26,30H,8,10-18H2,1-7H3/t20-,21-,22+,25+,26+,28+,29-/m1/s1. The highest BCUT2D eigenvalue weighted by Gasteiger charge is 2.59. The summed E-state index contributed by atoms with van der Waals surface area (Å²) in [5.41, 5.74) is 6.06. The maximum absolute atomic E-state index is 10.8. The molecule has 1 heteroatoms. The minimum atomic E-state index is -0.123. The molecule has 0 aromatic heterocycles. The van der Waals surface area contributed by atoms with E-state index in [2.05, 4.69) is 54.5 Å². The van der Waals surface area contributed by atoms with Crippen LogP contribution in [0.15, 0.2) is 22.8 Å². The number of aliphatic hydroxyl groups excluding tert-OH is 1. The van der Waals surface area contributed by atoms with Crippen molar-refractivity contribution in [3.05, 3.63) is 22.8 Å². The van der Waals surface area contributed by atoms with Crippen molar-refractivity contribution in [1.29, 1.82) is 0 Å². The number of hydrogen-bond donors (Lipinski definition) is 1. The molecule has 30 heavy (non-hydrogen) atoms. The molecule has 1 N–H and O–H groups in total. The van der Waals surface area contributed by atoms with Crippen LogP contribution in [0, 0.1) is 39.9 Å². The van der Waals surface area contributed by atoms with Gasteiger partial charge >= 0.3 is 0 Å². The molecule has 0 aromatic carbocycles. The van der Waals surface area contributed by atoms with Crippen LogP contribution >= 0.6 is 0 Å². The molecule has 0 unspecified atom stereocenters. The molecule has 2 saturated carbocycles. The zero-order valence-electron chi connectivity index (χ0n) is 21.0. The zero-order chi connectivity index (χ0) is 21.9. The van der Waals surface area contributed by atoms with E-state index < -0.39 is 0 Å². The highest BCUT2D eigenvalue weighted by atomic mass is 16.3. The van der Waals surface area contributed by atoms with Gasteiger partial charge in [0.15, 0.2) is 0 Å². The van der Waals surface area contributed by atoms with Crippen LogP contribution in [0.2, 0.25) is 0 Å². The minimum Gasteiger partial charge on any atom is -0.393 e. The largest absolute Gasteiger partial charge is 0.393 e. The van der Waals surface area contributed by atoms with Gasteiger partial charge in [0.2, 0.25) is 0 Å². The first-order valence-corrected chi connectivity index (χ1v) is 13.1. The van der Waals surface area contributed by atoms with Gasteiger partial charge in [-0.2, -0.15) is 0 Å². The summed E-state index contributed by atoms with van der Waals surface area (Å²) in [6.07, 6.45) is 15.3. The van der Waals surface area contributed by atoms with E-state index in [0.29, 0.717) is 16.7 Å². The summed E-state index contributed by atoms with van der Waals surface area (Å²) in [5.74, 6) is 3.32. The number of aliphatic hydroxyl groups is 1. The van der Waals surface area contributed by atoms with Gasteiger partial charge in [-0.3, -0.25) is 0 Å². The zero-order valence-corrected chi connectivity index (χ0v) is 21.0. The Morgan fingerprint density at radius 1 is 0.967 bits per heavy atom. The van der Waals surface area contributed by atoms with Gasteiger partial charge in [0, 0.05) is 0 Å². The molecule has 4 aliphatic rings. The van der Waals surface area contributed by atoms with Gasteiger partial charge in [0.25, 0.3) is 0 Å². The van der Waals surface area contributed by atoms with Crippen LogP contribution in [0.3, 0.4) is 0 Å². The average molecular weight is 413 g/mol. The summed E-state index contributed by atoms with van der Waals surface area (Å²) in [6, 6.07) is 0. The summed E-state index contributed by atoms with van der Waals surface area (Å²) in [4.78, 5) is 0. The van der Waals surface area contributed by atoms with Crippen molar-refractivity contribution >= 4 is 0 Å². The molecule has 170 valence electrons. The van der Waals surface area contributed by atoms with E-state index in [1.165, 1.54) is 63.4 Å². The molecular formula is C29H48O. The smallest absolute Gasteiger partial charge is 0.0594 e. The molecule has 7 atom stereocenters. The maximum atomic E-state index is 10.8. The van der Waals surface area contributed by atoms with Crippen molar-refractivity contribution < 1.29 is 5.11 Å². The van der Waals surface area contributed by atoms with E-state index >= 15 is 0 Å². The third-order valence-corrected chi connectivity index (χ3v) is 10.8. The number of allylic oxidation sites excluding steroid dienone is 4. The fourth-order valence-electron chi connectivity index (χ4n) is 9.00. The molecule has 4 aliphatic carbocycles. The van der Waals surface area contributed by atoms with Crippen LogP contribution in [-0.4, -0.2) is 11.2 Å². The Balaban J connectivity index is 1.59. The average Bonchev–Trinajstić information content (AvgIpc) is 3.02. The van der Waals surface area contributed by atoms with Crippen molar-refractivity contribution in [2.75, 3.05) is 0 Å². The molecule has 4 rings (SSSR count). The van der Waals surface area contributed by atoms with Gasteiger partial charge < -0.3 is 5.11 Å². The predicted octanol–water partition coefficient (Wildman–Crippen LogP) is 8.09. The summed E-state index contributed by atoms with van der Waals surface area (Å²) in [6.45, 7) is 16.9. The normalized spacial score (nSPS) is 43.5. The van der Waals surface area contributed by atoms with E-state index in [1.807, 2.05) is 11.1 Å². The molecule has 0 aliphatic heterocycles. The molecule has 2 fully saturated rings. The second-order valence-electron chi connectivity index (χ2n) is 12.9. The molecule has 0 radical (unpaired) electrons. The number of rotatable bonds is 4. The van der Waals surface area contributed by atoms with Crippen molar-refractivity contribution in [3.8, 4) is 0 Å². The molecule has 0 saturated heterocycles. The molecule has 0 bridgehead atoms. The van der Waals surface area contributed by atoms with Crippen molar-refractivity contribution in [3.63, 3.8) is 0 Å². The van der Waals surface area contributed by atoms with Gasteiger partial charge in [-0.05, 0) is 118 Å². The molecule has 0 heterocycles. The Hall–Kier alpha value is -0.560. The highest BCUT2D eigenvalue weighted by molar-refractivity contribution is 5.37. The lowest BCUT2D eigenvalue weighted by Gasteiger charge is -2.60. The van der Waals surface area contributed by atoms with Crippen LogP contribution in [0.1, 0.15) is 113 Å². The van der Waals surface area contributed by atoms with Crippen LogP contribution in [0.5, 0.6) is 0 Å². The molecule has 0 amide bonds. The van der Waals surface area contributed by atoms with Crippen LogP contribution in [0.25, 0.3) is 0 Å². The van der Waals surface area contributed by atoms with Crippen LogP contribution in [0.4, 0.5) is 0 Å². The lowest BCUT2D eigenvalue weighted by molar-refractivity contribution is -0.0931. The van der Waals surface area contributed by atoms with Gasteiger partial charge in [-0.25, -0.2) is 0 Å². The van der Waals surface area contributed by atoms with Crippen molar-refractivity contribution in [2.24, 2.45) is 39.9 Å². The third-order valence-electron chi connectivity index (χ3n) is 10.8. The van der Waals surface area contributed by atoms with E-state index in [0.717, 1.165) is 24.2 Å². The summed E-state index contributed by atoms with van der Waals surface area (Å²) >= 11 is 0. The molecule has 1 nitrogen and oxygen atoms in total. The second-order valence-corrected chi connectivity index (χ2v) is 12.9. The Bertz CT molecular complexity index is 723. The lowest BCUT2D eigenvalue weighted by Crippen LogP contribution is -2.53. The Kier molecular flexibility index (Phi) is 5.87. The topological polar surface area (TPSA) is 20.2 Å². The van der Waals surface area contributed by atoms with Gasteiger partial charge in [-0.1, -0.05) is 57.4 Å². The van der Waals surface area contributed by atoms with Crippen LogP contribution in [-0.2, 0) is 0 Å². The predicted molar refractivity (Wildman–Crippen MR) is 128 cm³/mol. The molecule has 0 spiro atoms. The maximum Gasteiger partial charge on any atom is 0.0594 e. The fraction of sp³-hybridized carbons (Fsp3) is 0.862. The van der Waals surface area contributed by atoms with E-state index in [1.54, 1.807) is 0 Å². The van der Waals surface area contributed by atoms with Crippen LogP contribution < -0.4 is 0 Å². The number of hydrogen-bond acceptors (Lipinski definition) is 1. The molecule has 0 aromatic rings. The van der Waals surface area contributed by atoms with Crippen molar-refractivity contribution in [2.45, 2.75) is 119 Å². The van der Waals surface area contributed by atoms with Crippen molar-refractivity contribution in [1.82, 2.24) is 0 Å². The fourth-order valence-corrected chi connectivity index (χ4v) is 9.00. The van der Waals surface area contributed by atoms with E-state index in [-0.39, 0.29) is 11.5 Å². The first-order chi connectivity index (χ1) is 14.0. The van der Waals surface area contributed by atoms with Gasteiger partial charge in [-0.15, -0.1) is 0 Å². The van der Waals surface area contributed by atoms with Gasteiger partial charge in [0.05, 0.1) is 6.10 Å². The summed E-state index contributed by atoms with van der Waals surface area (Å²) < 4.78 is 0. The monoisotopic (exact) mass is 412 g/mol. The second kappa shape index (κ2) is 7.79. The first kappa shape index (κ1) is 22.6. The summed E-state index contributed by atoms with van der Waals surface area (Å²) in [5, 5.41) is 10.8. The third kappa shape index (κ3) is 3.37. The number of fused-ring (bicyclic) bond motifs is 4. The summed E-state index contributed by atoms with van der Waals surface area (Å²) in [7, 11) is 0. The SMILES string of the molecule is CC(C)=CCC[C@@H](C)[C@H]1CC[C@]2(C)C3=C(CC[C@@H]12)[C@@]1(C)CC[C@H](O)C(C)(C)[C@@H]1CC3. The lowest BCUT2D eigenvalue weighted by atomic mass is 9.45. The minimum absolute atomic E-state index is 0.0565. The van der Waals surface area contributed by atoms with E-state index in [4.69, 9.17) is 0 Å². The Morgan fingerprint density at radius 2 is 1.60 bits per heavy atom. The molecular weight excluding hydrogens is 364 g/mol.